The van der Waals surface area contributed by atoms with Gasteiger partial charge in [0.1, 0.15) is 0 Å². The van der Waals surface area contributed by atoms with Crippen LogP contribution in [0.5, 0.6) is 0 Å². The molecule has 104 valence electrons. The van der Waals surface area contributed by atoms with E-state index in [4.69, 9.17) is 4.42 Å². The number of carbonyl (C=O) groups excluding carboxylic acids is 1. The van der Waals surface area contributed by atoms with Crippen LogP contribution >= 0.6 is 15.9 Å². The van der Waals surface area contributed by atoms with Gasteiger partial charge in [-0.15, -0.1) is 0 Å². The highest BCUT2D eigenvalue weighted by Crippen LogP contribution is 2.28. The smallest absolute Gasteiger partial charge is 0.298 e. The van der Waals surface area contributed by atoms with E-state index in [1.807, 2.05) is 60.7 Å². The predicted molar refractivity (Wildman–Crippen MR) is 85.8 cm³/mol. The van der Waals surface area contributed by atoms with Gasteiger partial charge in [0.25, 0.3) is 5.91 Å². The van der Waals surface area contributed by atoms with E-state index in [9.17, 15) is 4.79 Å². The molecule has 0 aliphatic heterocycles. The minimum Gasteiger partial charge on any atom is -0.444 e. The first kappa shape index (κ1) is 13.6. The summed E-state index contributed by atoms with van der Waals surface area (Å²) in [7, 11) is 0. The molecule has 1 aromatic heterocycles. The van der Waals surface area contributed by atoms with E-state index in [2.05, 4.69) is 15.9 Å². The van der Waals surface area contributed by atoms with Gasteiger partial charge in [0.2, 0.25) is 0 Å². The van der Waals surface area contributed by atoms with Gasteiger partial charge >= 0.3 is 0 Å². The fourth-order valence-corrected chi connectivity index (χ4v) is 2.38. The van der Waals surface area contributed by atoms with Crippen molar-refractivity contribution >= 4 is 33.2 Å². The van der Waals surface area contributed by atoms with Crippen molar-refractivity contribution in [3.05, 3.63) is 83.2 Å². The van der Waals surface area contributed by atoms with E-state index >= 15 is 0 Å². The van der Waals surface area contributed by atoms with Crippen molar-refractivity contribution in [1.29, 1.82) is 0 Å². The van der Waals surface area contributed by atoms with Gasteiger partial charge in [0.15, 0.2) is 10.4 Å². The summed E-state index contributed by atoms with van der Waals surface area (Å²) in [5.74, 6) is 0.0766. The van der Waals surface area contributed by atoms with E-state index in [1.54, 1.807) is 17.0 Å². The number of hydrogen-bond acceptors (Lipinski definition) is 2. The molecular weight excluding hydrogens is 330 g/mol. The van der Waals surface area contributed by atoms with Crippen LogP contribution in [0.4, 0.5) is 11.4 Å². The van der Waals surface area contributed by atoms with Crippen LogP contribution in [0.15, 0.2) is 81.9 Å². The molecule has 0 aliphatic rings. The zero-order valence-corrected chi connectivity index (χ0v) is 12.7. The average molecular weight is 342 g/mol. The summed E-state index contributed by atoms with van der Waals surface area (Å²) in [5, 5.41) is 0. The Labute approximate surface area is 130 Å². The largest absolute Gasteiger partial charge is 0.444 e. The van der Waals surface area contributed by atoms with Crippen molar-refractivity contribution in [3.63, 3.8) is 0 Å². The number of amides is 1. The van der Waals surface area contributed by atoms with Crippen molar-refractivity contribution in [3.8, 4) is 0 Å². The summed E-state index contributed by atoms with van der Waals surface area (Å²) in [6.07, 6.45) is 0. The first-order valence-electron chi connectivity index (χ1n) is 6.45. The molecule has 0 unspecified atom stereocenters. The molecule has 0 atom stereocenters. The predicted octanol–water partition coefficient (Wildman–Crippen LogP) is 5.02. The van der Waals surface area contributed by atoms with Crippen LogP contribution in [0, 0.1) is 0 Å². The topological polar surface area (TPSA) is 33.5 Å². The number of anilines is 2. The monoisotopic (exact) mass is 341 g/mol. The second-order valence-corrected chi connectivity index (χ2v) is 5.20. The number of hydrogen-bond donors (Lipinski definition) is 0. The fourth-order valence-electron chi connectivity index (χ4n) is 2.08. The zero-order valence-electron chi connectivity index (χ0n) is 11.1. The minimum absolute atomic E-state index is 0.210. The molecule has 0 N–H and O–H groups in total. The zero-order chi connectivity index (χ0) is 14.7. The standard InChI is InChI=1S/C17H12BrNO2/c18-16-12-11-15(21-16)17(20)19(13-7-3-1-4-8-13)14-9-5-2-6-10-14/h1-12H. The molecule has 3 aromatic rings. The maximum absolute atomic E-state index is 12.8. The highest BCUT2D eigenvalue weighted by Gasteiger charge is 2.22. The number of halogens is 1. The number of benzene rings is 2. The van der Waals surface area contributed by atoms with Crippen molar-refractivity contribution in [2.24, 2.45) is 0 Å². The molecule has 0 saturated carbocycles. The SMILES string of the molecule is O=C(c1ccc(Br)o1)N(c1ccccc1)c1ccccc1. The lowest BCUT2D eigenvalue weighted by molar-refractivity contribution is 0.0971. The molecule has 1 amide bonds. The van der Waals surface area contributed by atoms with Crippen molar-refractivity contribution in [1.82, 2.24) is 0 Å². The Morgan fingerprint density at radius 2 is 1.33 bits per heavy atom. The second-order valence-electron chi connectivity index (χ2n) is 4.42. The molecule has 0 fully saturated rings. The summed E-state index contributed by atoms with van der Waals surface area (Å²) in [4.78, 5) is 14.4. The normalized spacial score (nSPS) is 10.3. The molecule has 3 rings (SSSR count). The van der Waals surface area contributed by atoms with Crippen LogP contribution in [-0.2, 0) is 0 Å². The van der Waals surface area contributed by atoms with Gasteiger partial charge in [-0.2, -0.15) is 0 Å². The van der Waals surface area contributed by atoms with Crippen molar-refractivity contribution in [2.75, 3.05) is 4.90 Å². The quantitative estimate of drug-likeness (QED) is 0.670. The number of rotatable bonds is 3. The van der Waals surface area contributed by atoms with Gasteiger partial charge in [-0.25, -0.2) is 0 Å². The number of furan rings is 1. The maximum Gasteiger partial charge on any atom is 0.298 e. The van der Waals surface area contributed by atoms with E-state index in [1.165, 1.54) is 0 Å². The van der Waals surface area contributed by atoms with Gasteiger partial charge in [0.05, 0.1) is 0 Å². The van der Waals surface area contributed by atoms with Crippen LogP contribution in [0.1, 0.15) is 10.6 Å². The first-order chi connectivity index (χ1) is 10.3. The van der Waals surface area contributed by atoms with E-state index in [-0.39, 0.29) is 11.7 Å². The third-order valence-electron chi connectivity index (χ3n) is 3.02. The van der Waals surface area contributed by atoms with Gasteiger partial charge in [-0.05, 0) is 52.3 Å². The maximum atomic E-state index is 12.8. The van der Waals surface area contributed by atoms with Gasteiger partial charge < -0.3 is 4.42 Å². The number of nitrogens with zero attached hydrogens (tertiary/aromatic N) is 1. The summed E-state index contributed by atoms with van der Waals surface area (Å²) < 4.78 is 5.93. The Morgan fingerprint density at radius 1 is 0.810 bits per heavy atom. The van der Waals surface area contributed by atoms with E-state index in [0.29, 0.717) is 4.67 Å². The van der Waals surface area contributed by atoms with Crippen molar-refractivity contribution in [2.45, 2.75) is 0 Å². The summed E-state index contributed by atoms with van der Waals surface area (Å²) in [6, 6.07) is 22.4. The summed E-state index contributed by atoms with van der Waals surface area (Å²) in [6.45, 7) is 0. The molecule has 0 aliphatic carbocycles. The van der Waals surface area contributed by atoms with E-state index < -0.39 is 0 Å². The molecule has 1 heterocycles. The minimum atomic E-state index is -0.210. The lowest BCUT2D eigenvalue weighted by Crippen LogP contribution is -2.25. The van der Waals surface area contributed by atoms with Crippen LogP contribution < -0.4 is 4.90 Å². The molecule has 0 saturated heterocycles. The lowest BCUT2D eigenvalue weighted by Gasteiger charge is -2.21. The van der Waals surface area contributed by atoms with Gasteiger partial charge in [0, 0.05) is 11.4 Å². The molecule has 21 heavy (non-hydrogen) atoms. The third kappa shape index (κ3) is 2.90. The third-order valence-corrected chi connectivity index (χ3v) is 3.44. The summed E-state index contributed by atoms with van der Waals surface area (Å²) >= 11 is 3.22. The molecule has 0 bridgehead atoms. The molecule has 2 aromatic carbocycles. The molecular formula is C17H12BrNO2. The first-order valence-corrected chi connectivity index (χ1v) is 7.25. The van der Waals surface area contributed by atoms with Gasteiger partial charge in [-0.1, -0.05) is 36.4 Å². The highest BCUT2D eigenvalue weighted by molar-refractivity contribution is 9.10. The Balaban J connectivity index is 2.07. The Hall–Kier alpha value is -2.33. The van der Waals surface area contributed by atoms with Crippen LogP contribution in [-0.4, -0.2) is 5.91 Å². The average Bonchev–Trinajstić information content (AvgIpc) is 2.96. The van der Waals surface area contributed by atoms with Crippen LogP contribution in [0.25, 0.3) is 0 Å². The second kappa shape index (κ2) is 5.97. The van der Waals surface area contributed by atoms with Crippen molar-refractivity contribution < 1.29 is 9.21 Å². The van der Waals surface area contributed by atoms with E-state index in [0.717, 1.165) is 11.4 Å². The summed E-state index contributed by atoms with van der Waals surface area (Å²) in [5.41, 5.74) is 1.59. The molecule has 0 spiro atoms. The number of carbonyl (C=O) groups is 1. The number of para-hydroxylation sites is 2. The Bertz CT molecular complexity index is 698. The Morgan fingerprint density at radius 3 is 1.76 bits per heavy atom. The molecule has 4 heteroatoms. The highest BCUT2D eigenvalue weighted by atomic mass is 79.9. The van der Waals surface area contributed by atoms with Crippen LogP contribution in [0.2, 0.25) is 0 Å². The lowest BCUT2D eigenvalue weighted by atomic mass is 10.2. The van der Waals surface area contributed by atoms with Crippen LogP contribution in [0.3, 0.4) is 0 Å². The molecule has 0 radical (unpaired) electrons. The Kier molecular flexibility index (Phi) is 3.88. The molecule has 3 nitrogen and oxygen atoms in total. The fraction of sp³-hybridized carbons (Fsp3) is 0. The van der Waals surface area contributed by atoms with Gasteiger partial charge in [-0.3, -0.25) is 9.69 Å².